The first kappa shape index (κ1) is 13.1. The van der Waals surface area contributed by atoms with Gasteiger partial charge in [0.1, 0.15) is 0 Å². The van der Waals surface area contributed by atoms with E-state index in [4.69, 9.17) is 0 Å². The molecule has 2 aliphatic heterocycles. The Bertz CT molecular complexity index is 409. The molecule has 2 heterocycles. The lowest BCUT2D eigenvalue weighted by molar-refractivity contribution is 0.145. The van der Waals surface area contributed by atoms with Gasteiger partial charge in [-0.3, -0.25) is 4.90 Å². The van der Waals surface area contributed by atoms with Crippen LogP contribution < -0.4 is 5.32 Å². The van der Waals surface area contributed by atoms with Gasteiger partial charge in [-0.2, -0.15) is 0 Å². The molecule has 2 nitrogen and oxygen atoms in total. The Morgan fingerprint density at radius 2 is 2.21 bits per heavy atom. The van der Waals surface area contributed by atoms with Crippen molar-refractivity contribution in [2.45, 2.75) is 45.2 Å². The van der Waals surface area contributed by atoms with Crippen molar-refractivity contribution in [2.75, 3.05) is 19.6 Å². The Morgan fingerprint density at radius 3 is 3.00 bits per heavy atom. The van der Waals surface area contributed by atoms with Crippen molar-refractivity contribution in [1.29, 1.82) is 0 Å². The molecule has 2 aliphatic rings. The van der Waals surface area contributed by atoms with Gasteiger partial charge < -0.3 is 5.32 Å². The standard InChI is InChI=1S/C17H26N2/c1-14-5-2-6-15(11-14)12-19-10-4-7-16(13-19)17-8-3-9-18-17/h2,5-6,11,16-18H,3-4,7-10,12-13H2,1H3. The molecule has 0 amide bonds. The fraction of sp³-hybridized carbons (Fsp3) is 0.647. The first-order chi connectivity index (χ1) is 9.31. The summed E-state index contributed by atoms with van der Waals surface area (Å²) in [5.41, 5.74) is 2.85. The maximum Gasteiger partial charge on any atom is 0.0233 e. The maximum atomic E-state index is 3.69. The van der Waals surface area contributed by atoms with E-state index in [0.29, 0.717) is 0 Å². The summed E-state index contributed by atoms with van der Waals surface area (Å²) >= 11 is 0. The summed E-state index contributed by atoms with van der Waals surface area (Å²) in [5, 5.41) is 3.69. The summed E-state index contributed by atoms with van der Waals surface area (Å²) in [5.74, 6) is 0.876. The molecule has 19 heavy (non-hydrogen) atoms. The third-order valence-electron chi connectivity index (χ3n) is 4.70. The average Bonchev–Trinajstić information content (AvgIpc) is 2.93. The van der Waals surface area contributed by atoms with Gasteiger partial charge in [-0.25, -0.2) is 0 Å². The Labute approximate surface area is 117 Å². The molecule has 3 rings (SSSR count). The molecule has 2 unspecified atom stereocenters. The minimum absolute atomic E-state index is 0.792. The van der Waals surface area contributed by atoms with E-state index >= 15 is 0 Å². The second-order valence-corrected chi connectivity index (χ2v) is 6.33. The molecular weight excluding hydrogens is 232 g/mol. The van der Waals surface area contributed by atoms with Gasteiger partial charge in [-0.15, -0.1) is 0 Å². The molecule has 0 bridgehead atoms. The molecule has 0 aliphatic carbocycles. The molecule has 2 atom stereocenters. The molecule has 2 heteroatoms. The number of nitrogens with one attached hydrogen (secondary N) is 1. The lowest BCUT2D eigenvalue weighted by Gasteiger charge is -2.35. The molecule has 0 radical (unpaired) electrons. The SMILES string of the molecule is Cc1cccc(CN2CCCC(C3CCCN3)C2)c1. The number of hydrogen-bond acceptors (Lipinski definition) is 2. The lowest BCUT2D eigenvalue weighted by atomic mass is 9.89. The zero-order valence-corrected chi connectivity index (χ0v) is 12.1. The van der Waals surface area contributed by atoms with Gasteiger partial charge >= 0.3 is 0 Å². The minimum atomic E-state index is 0.792. The van der Waals surface area contributed by atoms with E-state index in [0.717, 1.165) is 18.5 Å². The molecule has 0 saturated carbocycles. The van der Waals surface area contributed by atoms with Gasteiger partial charge in [0, 0.05) is 19.1 Å². The number of nitrogens with zero attached hydrogens (tertiary/aromatic N) is 1. The van der Waals surface area contributed by atoms with E-state index in [9.17, 15) is 0 Å². The van der Waals surface area contributed by atoms with Gasteiger partial charge in [0.25, 0.3) is 0 Å². The molecule has 1 aromatic rings. The highest BCUT2D eigenvalue weighted by Crippen LogP contribution is 2.25. The molecule has 2 saturated heterocycles. The van der Waals surface area contributed by atoms with Crippen LogP contribution in [0.2, 0.25) is 0 Å². The topological polar surface area (TPSA) is 15.3 Å². The number of likely N-dealkylation sites (tertiary alicyclic amines) is 1. The molecule has 0 aromatic heterocycles. The van der Waals surface area contributed by atoms with E-state index in [1.165, 1.54) is 56.4 Å². The molecular formula is C17H26N2. The van der Waals surface area contributed by atoms with Gasteiger partial charge in [0.05, 0.1) is 0 Å². The summed E-state index contributed by atoms with van der Waals surface area (Å²) in [7, 11) is 0. The van der Waals surface area contributed by atoms with Crippen molar-refractivity contribution in [3.63, 3.8) is 0 Å². The molecule has 1 aromatic carbocycles. The summed E-state index contributed by atoms with van der Waals surface area (Å²) < 4.78 is 0. The van der Waals surface area contributed by atoms with Crippen LogP contribution in [0.3, 0.4) is 0 Å². The normalized spacial score (nSPS) is 28.7. The Morgan fingerprint density at radius 1 is 1.26 bits per heavy atom. The smallest absolute Gasteiger partial charge is 0.0233 e. The highest BCUT2D eigenvalue weighted by molar-refractivity contribution is 5.22. The van der Waals surface area contributed by atoms with E-state index in [2.05, 4.69) is 41.4 Å². The summed E-state index contributed by atoms with van der Waals surface area (Å²) in [6, 6.07) is 9.76. The first-order valence-electron chi connectivity index (χ1n) is 7.82. The van der Waals surface area contributed by atoms with Crippen LogP contribution in [0.15, 0.2) is 24.3 Å². The molecule has 0 spiro atoms. The average molecular weight is 258 g/mol. The van der Waals surface area contributed by atoms with Gasteiger partial charge in [-0.1, -0.05) is 29.8 Å². The second kappa shape index (κ2) is 6.06. The minimum Gasteiger partial charge on any atom is -0.314 e. The van der Waals surface area contributed by atoms with Crippen molar-refractivity contribution < 1.29 is 0 Å². The number of piperidine rings is 1. The van der Waals surface area contributed by atoms with Gasteiger partial charge in [0.15, 0.2) is 0 Å². The van der Waals surface area contributed by atoms with Crippen molar-refractivity contribution in [3.05, 3.63) is 35.4 Å². The largest absolute Gasteiger partial charge is 0.314 e. The van der Waals surface area contributed by atoms with Crippen LogP contribution in [0.4, 0.5) is 0 Å². The van der Waals surface area contributed by atoms with Crippen LogP contribution in [0.5, 0.6) is 0 Å². The third kappa shape index (κ3) is 3.37. The van der Waals surface area contributed by atoms with Crippen molar-refractivity contribution >= 4 is 0 Å². The molecule has 104 valence electrons. The van der Waals surface area contributed by atoms with Crippen LogP contribution in [-0.4, -0.2) is 30.6 Å². The van der Waals surface area contributed by atoms with Crippen molar-refractivity contribution in [3.8, 4) is 0 Å². The third-order valence-corrected chi connectivity index (χ3v) is 4.70. The van der Waals surface area contributed by atoms with E-state index in [1.54, 1.807) is 0 Å². The van der Waals surface area contributed by atoms with Crippen LogP contribution in [0.1, 0.15) is 36.8 Å². The van der Waals surface area contributed by atoms with Crippen molar-refractivity contribution in [1.82, 2.24) is 10.2 Å². The van der Waals surface area contributed by atoms with Crippen LogP contribution in [-0.2, 0) is 6.54 Å². The van der Waals surface area contributed by atoms with Crippen LogP contribution >= 0.6 is 0 Å². The monoisotopic (exact) mass is 258 g/mol. The number of benzene rings is 1. The Balaban J connectivity index is 1.58. The zero-order valence-electron chi connectivity index (χ0n) is 12.1. The summed E-state index contributed by atoms with van der Waals surface area (Å²) in [6.07, 6.45) is 5.55. The molecule has 1 N–H and O–H groups in total. The van der Waals surface area contributed by atoms with Crippen molar-refractivity contribution in [2.24, 2.45) is 5.92 Å². The van der Waals surface area contributed by atoms with Gasteiger partial charge in [-0.05, 0) is 57.2 Å². The number of hydrogen-bond donors (Lipinski definition) is 1. The summed E-state index contributed by atoms with van der Waals surface area (Å²) in [6.45, 7) is 7.11. The second-order valence-electron chi connectivity index (χ2n) is 6.33. The van der Waals surface area contributed by atoms with E-state index in [1.807, 2.05) is 0 Å². The highest BCUT2D eigenvalue weighted by Gasteiger charge is 2.28. The lowest BCUT2D eigenvalue weighted by Crippen LogP contribution is -2.43. The highest BCUT2D eigenvalue weighted by atomic mass is 15.1. The maximum absolute atomic E-state index is 3.69. The molecule has 2 fully saturated rings. The number of aryl methyl sites for hydroxylation is 1. The fourth-order valence-electron chi connectivity index (χ4n) is 3.75. The predicted molar refractivity (Wildman–Crippen MR) is 80.2 cm³/mol. The first-order valence-corrected chi connectivity index (χ1v) is 7.82. The van der Waals surface area contributed by atoms with Gasteiger partial charge in [0.2, 0.25) is 0 Å². The van der Waals surface area contributed by atoms with Crippen LogP contribution in [0, 0.1) is 12.8 Å². The van der Waals surface area contributed by atoms with E-state index in [-0.39, 0.29) is 0 Å². The Hall–Kier alpha value is -0.860. The Kier molecular flexibility index (Phi) is 4.19. The number of rotatable bonds is 3. The zero-order chi connectivity index (χ0) is 13.1. The summed E-state index contributed by atoms with van der Waals surface area (Å²) in [4.78, 5) is 2.66. The fourth-order valence-corrected chi connectivity index (χ4v) is 3.75. The van der Waals surface area contributed by atoms with Crippen LogP contribution in [0.25, 0.3) is 0 Å². The predicted octanol–water partition coefficient (Wildman–Crippen LogP) is 2.96. The van der Waals surface area contributed by atoms with E-state index < -0.39 is 0 Å². The quantitative estimate of drug-likeness (QED) is 0.896.